The molecular weight excluding hydrogens is 184 g/mol. The minimum absolute atomic E-state index is 0.279. The molecule has 0 unspecified atom stereocenters. The lowest BCUT2D eigenvalue weighted by atomic mass is 10.0. The Hall–Kier alpha value is -0.840. The van der Waals surface area contributed by atoms with Crippen molar-refractivity contribution in [1.82, 2.24) is 0 Å². The Bertz CT molecular complexity index is 204. The highest BCUT2D eigenvalue weighted by Gasteiger charge is 2.36. The Morgan fingerprint density at radius 3 is 2.71 bits per heavy atom. The number of aliphatic hydroxyl groups is 1. The average Bonchev–Trinajstić information content (AvgIpc) is 2.20. The number of ether oxygens (including phenoxy) is 3. The monoisotopic (exact) mass is 200 g/mol. The highest BCUT2D eigenvalue weighted by atomic mass is 16.7. The Balaban J connectivity index is 2.62. The molecule has 0 bridgehead atoms. The van der Waals surface area contributed by atoms with E-state index < -0.39 is 18.5 Å². The van der Waals surface area contributed by atoms with Gasteiger partial charge in [0, 0.05) is 13.5 Å². The molecule has 1 heterocycles. The summed E-state index contributed by atoms with van der Waals surface area (Å²) >= 11 is 0. The summed E-state index contributed by atoms with van der Waals surface area (Å²) in [4.78, 5) is 0. The van der Waals surface area contributed by atoms with E-state index in [0.29, 0.717) is 6.42 Å². The molecule has 14 heavy (non-hydrogen) atoms. The van der Waals surface area contributed by atoms with Crippen LogP contribution >= 0.6 is 0 Å². The van der Waals surface area contributed by atoms with Crippen molar-refractivity contribution in [3.8, 4) is 0 Å². The van der Waals surface area contributed by atoms with Gasteiger partial charge in [-0.25, -0.2) is 0 Å². The zero-order chi connectivity index (χ0) is 10.6. The smallest absolute Gasteiger partial charge is 0.226 e. The van der Waals surface area contributed by atoms with Crippen LogP contribution in [0.4, 0.5) is 0 Å². The van der Waals surface area contributed by atoms with Gasteiger partial charge in [-0.1, -0.05) is 12.7 Å². The van der Waals surface area contributed by atoms with Gasteiger partial charge in [-0.15, -0.1) is 6.58 Å². The predicted octanol–water partition coefficient (Wildman–Crippen LogP) is 0.823. The molecule has 1 fully saturated rings. The van der Waals surface area contributed by atoms with Crippen molar-refractivity contribution < 1.29 is 19.3 Å². The van der Waals surface area contributed by atoms with Crippen molar-refractivity contribution in [3.63, 3.8) is 0 Å². The molecule has 1 N–H and O–H groups in total. The van der Waals surface area contributed by atoms with Gasteiger partial charge in [-0.2, -0.15) is 0 Å². The van der Waals surface area contributed by atoms with Crippen LogP contribution in [0.5, 0.6) is 0 Å². The molecule has 0 aromatic rings. The third-order valence-corrected chi connectivity index (χ3v) is 2.21. The zero-order valence-electron chi connectivity index (χ0n) is 8.26. The molecule has 4 heteroatoms. The van der Waals surface area contributed by atoms with Crippen molar-refractivity contribution in [2.24, 2.45) is 0 Å². The number of hydrogen-bond donors (Lipinski definition) is 1. The first-order valence-corrected chi connectivity index (χ1v) is 4.48. The van der Waals surface area contributed by atoms with Crippen LogP contribution in [0.2, 0.25) is 0 Å². The fourth-order valence-electron chi connectivity index (χ4n) is 1.45. The lowest BCUT2D eigenvalue weighted by molar-refractivity contribution is -0.241. The summed E-state index contributed by atoms with van der Waals surface area (Å²) in [5.74, 6) is 0. The van der Waals surface area contributed by atoms with Gasteiger partial charge in [0.2, 0.25) is 6.29 Å². The van der Waals surface area contributed by atoms with Gasteiger partial charge in [0.05, 0.1) is 12.4 Å². The molecule has 0 amide bonds. The summed E-state index contributed by atoms with van der Waals surface area (Å²) in [5.41, 5.74) is 0. The Morgan fingerprint density at radius 1 is 1.50 bits per heavy atom. The summed E-state index contributed by atoms with van der Waals surface area (Å²) in [5, 5.41) is 9.60. The van der Waals surface area contributed by atoms with Crippen molar-refractivity contribution in [3.05, 3.63) is 25.5 Å². The first-order valence-electron chi connectivity index (χ1n) is 4.48. The summed E-state index contributed by atoms with van der Waals surface area (Å²) in [6, 6.07) is 0. The fourth-order valence-corrected chi connectivity index (χ4v) is 1.45. The molecule has 0 spiro atoms. The van der Waals surface area contributed by atoms with E-state index in [1.54, 1.807) is 13.2 Å². The van der Waals surface area contributed by atoms with Crippen molar-refractivity contribution in [2.45, 2.75) is 31.0 Å². The molecular formula is C10H16O4. The second kappa shape index (κ2) is 5.14. The molecule has 0 aliphatic carbocycles. The lowest BCUT2D eigenvalue weighted by Gasteiger charge is -2.36. The topological polar surface area (TPSA) is 47.9 Å². The third kappa shape index (κ3) is 2.35. The van der Waals surface area contributed by atoms with Gasteiger partial charge < -0.3 is 19.3 Å². The van der Waals surface area contributed by atoms with E-state index in [0.717, 1.165) is 0 Å². The van der Waals surface area contributed by atoms with E-state index in [9.17, 15) is 5.11 Å². The second-order valence-corrected chi connectivity index (χ2v) is 3.08. The highest BCUT2D eigenvalue weighted by Crippen LogP contribution is 2.23. The van der Waals surface area contributed by atoms with Crippen molar-refractivity contribution in [2.75, 3.05) is 7.11 Å². The van der Waals surface area contributed by atoms with Gasteiger partial charge in [0.1, 0.15) is 12.2 Å². The molecule has 1 aliphatic heterocycles. The Labute approximate surface area is 83.8 Å². The maximum atomic E-state index is 9.60. The summed E-state index contributed by atoms with van der Waals surface area (Å²) in [6.45, 7) is 7.02. The first kappa shape index (κ1) is 11.2. The van der Waals surface area contributed by atoms with Crippen LogP contribution in [0.15, 0.2) is 25.5 Å². The standard InChI is InChI=1S/C10H16O4/c1-4-8-7(11)6-9(12-3)10(14-8)13-5-2/h4-5,7-11H,1-2,6H2,3H3/t7-,8-,9-,10+/m0/s1. The van der Waals surface area contributed by atoms with E-state index in [1.165, 1.54) is 6.26 Å². The summed E-state index contributed by atoms with van der Waals surface area (Å²) in [7, 11) is 1.55. The van der Waals surface area contributed by atoms with Crippen LogP contribution in [0.3, 0.4) is 0 Å². The largest absolute Gasteiger partial charge is 0.470 e. The number of methoxy groups -OCH3 is 1. The number of hydrogen-bond acceptors (Lipinski definition) is 4. The van der Waals surface area contributed by atoms with E-state index >= 15 is 0 Å². The minimum atomic E-state index is -0.595. The normalized spacial score (nSPS) is 37.6. The SMILES string of the molecule is C=CO[C@@H]1O[C@@H](C=C)[C@@H](O)C[C@@H]1OC. The predicted molar refractivity (Wildman–Crippen MR) is 51.6 cm³/mol. The molecule has 0 radical (unpaired) electrons. The Kier molecular flexibility index (Phi) is 4.13. The van der Waals surface area contributed by atoms with Gasteiger partial charge >= 0.3 is 0 Å². The average molecular weight is 200 g/mol. The van der Waals surface area contributed by atoms with E-state index in [1.807, 2.05) is 0 Å². The van der Waals surface area contributed by atoms with Crippen LogP contribution in [0, 0.1) is 0 Å². The first-order chi connectivity index (χ1) is 6.72. The molecule has 4 nitrogen and oxygen atoms in total. The quantitative estimate of drug-likeness (QED) is 0.539. The van der Waals surface area contributed by atoms with Crippen LogP contribution in [0.1, 0.15) is 6.42 Å². The molecule has 0 aromatic carbocycles. The molecule has 0 aromatic heterocycles. The minimum Gasteiger partial charge on any atom is -0.470 e. The summed E-state index contributed by atoms with van der Waals surface area (Å²) < 4.78 is 15.7. The molecule has 1 aliphatic rings. The maximum Gasteiger partial charge on any atom is 0.226 e. The van der Waals surface area contributed by atoms with Crippen LogP contribution in [0.25, 0.3) is 0 Å². The van der Waals surface area contributed by atoms with E-state index in [4.69, 9.17) is 14.2 Å². The van der Waals surface area contributed by atoms with Crippen LogP contribution in [-0.4, -0.2) is 36.8 Å². The third-order valence-electron chi connectivity index (χ3n) is 2.21. The Morgan fingerprint density at radius 2 is 2.21 bits per heavy atom. The lowest BCUT2D eigenvalue weighted by Crippen LogP contribution is -2.47. The zero-order valence-corrected chi connectivity index (χ0v) is 8.26. The molecule has 1 rings (SSSR count). The molecule has 1 saturated heterocycles. The van der Waals surface area contributed by atoms with Crippen molar-refractivity contribution in [1.29, 1.82) is 0 Å². The molecule has 4 atom stereocenters. The van der Waals surface area contributed by atoms with Gasteiger partial charge in [0.25, 0.3) is 0 Å². The molecule has 80 valence electrons. The van der Waals surface area contributed by atoms with Gasteiger partial charge in [0.15, 0.2) is 0 Å². The molecule has 0 saturated carbocycles. The van der Waals surface area contributed by atoms with Crippen LogP contribution in [-0.2, 0) is 14.2 Å². The number of rotatable bonds is 4. The van der Waals surface area contributed by atoms with Gasteiger partial charge in [-0.05, 0) is 0 Å². The fraction of sp³-hybridized carbons (Fsp3) is 0.600. The highest BCUT2D eigenvalue weighted by molar-refractivity contribution is 4.92. The van der Waals surface area contributed by atoms with Crippen LogP contribution < -0.4 is 0 Å². The van der Waals surface area contributed by atoms with E-state index in [2.05, 4.69) is 13.2 Å². The number of aliphatic hydroxyl groups excluding tert-OH is 1. The second-order valence-electron chi connectivity index (χ2n) is 3.08. The summed E-state index contributed by atoms with van der Waals surface area (Å²) in [6.07, 6.45) is 1.51. The van der Waals surface area contributed by atoms with E-state index in [-0.39, 0.29) is 6.10 Å². The van der Waals surface area contributed by atoms with Crippen molar-refractivity contribution >= 4 is 0 Å². The van der Waals surface area contributed by atoms with Gasteiger partial charge in [-0.3, -0.25) is 0 Å². The maximum absolute atomic E-state index is 9.60.